The van der Waals surface area contributed by atoms with E-state index in [1.165, 1.54) is 0 Å². The predicted molar refractivity (Wildman–Crippen MR) is 74.5 cm³/mol. The van der Waals surface area contributed by atoms with Gasteiger partial charge in [-0.25, -0.2) is 0 Å². The third-order valence-electron chi connectivity index (χ3n) is 3.78. The number of nitro groups is 1. The summed E-state index contributed by atoms with van der Waals surface area (Å²) in [6, 6.07) is 5.71. The maximum Gasteiger partial charge on any atom is 0.274 e. The molecular weight excluding hydrogens is 244 g/mol. The van der Waals surface area contributed by atoms with Gasteiger partial charge in [0.25, 0.3) is 5.69 Å². The Morgan fingerprint density at radius 3 is 2.58 bits per heavy atom. The lowest BCUT2D eigenvalue weighted by atomic mass is 9.93. The molecule has 0 unspecified atom stereocenters. The Bertz CT molecular complexity index is 454. The lowest BCUT2D eigenvalue weighted by Gasteiger charge is -2.28. The summed E-state index contributed by atoms with van der Waals surface area (Å²) in [5.74, 6) is 0. The standard InChI is InChI=1S/C14H20N2O3/c1-10-3-4-12(9-14(10)16(17)18)15-11-5-7-13(19-2)8-6-11/h3-4,9,11,13,15H,5-8H2,1-2H3. The molecule has 1 aromatic rings. The number of rotatable bonds is 4. The van der Waals surface area contributed by atoms with E-state index in [0.717, 1.165) is 31.4 Å². The van der Waals surface area contributed by atoms with Crippen LogP contribution in [0.3, 0.4) is 0 Å². The van der Waals surface area contributed by atoms with Crippen LogP contribution in [0.25, 0.3) is 0 Å². The van der Waals surface area contributed by atoms with Crippen LogP contribution in [0.5, 0.6) is 0 Å². The lowest BCUT2D eigenvalue weighted by molar-refractivity contribution is -0.385. The first-order valence-electron chi connectivity index (χ1n) is 6.64. The van der Waals surface area contributed by atoms with Gasteiger partial charge in [-0.05, 0) is 38.7 Å². The monoisotopic (exact) mass is 264 g/mol. The van der Waals surface area contributed by atoms with Crippen LogP contribution in [-0.4, -0.2) is 24.2 Å². The SMILES string of the molecule is COC1CCC(Nc2ccc(C)c([N+](=O)[O-])c2)CC1. The molecule has 0 bridgehead atoms. The highest BCUT2D eigenvalue weighted by Gasteiger charge is 2.21. The first-order valence-corrected chi connectivity index (χ1v) is 6.64. The fourth-order valence-corrected chi connectivity index (χ4v) is 2.57. The average Bonchev–Trinajstić information content (AvgIpc) is 2.41. The van der Waals surface area contributed by atoms with Gasteiger partial charge in [-0.2, -0.15) is 0 Å². The van der Waals surface area contributed by atoms with E-state index in [0.29, 0.717) is 17.7 Å². The number of ether oxygens (including phenoxy) is 1. The normalized spacial score (nSPS) is 23.1. The van der Waals surface area contributed by atoms with Gasteiger partial charge in [0, 0.05) is 30.5 Å². The molecule has 0 saturated heterocycles. The van der Waals surface area contributed by atoms with E-state index >= 15 is 0 Å². The number of aryl methyl sites for hydroxylation is 1. The zero-order valence-corrected chi connectivity index (χ0v) is 11.4. The maximum absolute atomic E-state index is 10.9. The van der Waals surface area contributed by atoms with Crippen molar-refractivity contribution in [2.45, 2.75) is 44.8 Å². The summed E-state index contributed by atoms with van der Waals surface area (Å²) in [5.41, 5.74) is 1.70. The molecule has 0 amide bonds. The number of methoxy groups -OCH3 is 1. The molecule has 1 aliphatic carbocycles. The second kappa shape index (κ2) is 6.02. The van der Waals surface area contributed by atoms with Gasteiger partial charge in [0.1, 0.15) is 0 Å². The zero-order valence-electron chi connectivity index (χ0n) is 11.4. The fraction of sp³-hybridized carbons (Fsp3) is 0.571. The van der Waals surface area contributed by atoms with Crippen molar-refractivity contribution in [1.82, 2.24) is 0 Å². The van der Waals surface area contributed by atoms with Gasteiger partial charge >= 0.3 is 0 Å². The van der Waals surface area contributed by atoms with Crippen molar-refractivity contribution >= 4 is 11.4 Å². The molecule has 19 heavy (non-hydrogen) atoms. The number of benzene rings is 1. The quantitative estimate of drug-likeness (QED) is 0.669. The summed E-state index contributed by atoms with van der Waals surface area (Å²) >= 11 is 0. The van der Waals surface area contributed by atoms with E-state index in [9.17, 15) is 10.1 Å². The van der Waals surface area contributed by atoms with E-state index < -0.39 is 0 Å². The van der Waals surface area contributed by atoms with E-state index in [-0.39, 0.29) is 10.6 Å². The number of hydrogen-bond donors (Lipinski definition) is 1. The van der Waals surface area contributed by atoms with E-state index in [1.807, 2.05) is 6.07 Å². The molecule has 1 saturated carbocycles. The summed E-state index contributed by atoms with van der Waals surface area (Å²) in [7, 11) is 1.75. The van der Waals surface area contributed by atoms with Crippen molar-refractivity contribution in [1.29, 1.82) is 0 Å². The van der Waals surface area contributed by atoms with E-state index in [4.69, 9.17) is 4.74 Å². The molecule has 1 aromatic carbocycles. The molecule has 0 spiro atoms. The summed E-state index contributed by atoms with van der Waals surface area (Å²) in [6.45, 7) is 1.76. The van der Waals surface area contributed by atoms with Crippen molar-refractivity contribution in [2.75, 3.05) is 12.4 Å². The van der Waals surface area contributed by atoms with Crippen LogP contribution in [0.4, 0.5) is 11.4 Å². The molecule has 0 aromatic heterocycles. The van der Waals surface area contributed by atoms with Gasteiger partial charge in [-0.1, -0.05) is 6.07 Å². The third-order valence-corrected chi connectivity index (χ3v) is 3.78. The number of anilines is 1. The Kier molecular flexibility index (Phi) is 4.37. The smallest absolute Gasteiger partial charge is 0.274 e. The average molecular weight is 264 g/mol. The highest BCUT2D eigenvalue weighted by Crippen LogP contribution is 2.27. The van der Waals surface area contributed by atoms with Crippen molar-refractivity contribution in [3.05, 3.63) is 33.9 Å². The summed E-state index contributed by atoms with van der Waals surface area (Å²) < 4.78 is 5.34. The molecule has 0 heterocycles. The summed E-state index contributed by atoms with van der Waals surface area (Å²) in [6.07, 6.45) is 4.54. The highest BCUT2D eigenvalue weighted by molar-refractivity contribution is 5.55. The van der Waals surface area contributed by atoms with Crippen LogP contribution < -0.4 is 5.32 Å². The van der Waals surface area contributed by atoms with Gasteiger partial charge < -0.3 is 10.1 Å². The Morgan fingerprint density at radius 2 is 2.00 bits per heavy atom. The van der Waals surface area contributed by atoms with Crippen molar-refractivity contribution < 1.29 is 9.66 Å². The molecule has 5 heteroatoms. The van der Waals surface area contributed by atoms with Crippen LogP contribution in [0.2, 0.25) is 0 Å². The number of hydrogen-bond acceptors (Lipinski definition) is 4. The van der Waals surface area contributed by atoms with Gasteiger partial charge in [-0.15, -0.1) is 0 Å². The van der Waals surface area contributed by atoms with Crippen LogP contribution in [-0.2, 0) is 4.74 Å². The first-order chi connectivity index (χ1) is 9.10. The molecule has 1 fully saturated rings. The Balaban J connectivity index is 2.00. The largest absolute Gasteiger partial charge is 0.382 e. The summed E-state index contributed by atoms with van der Waals surface area (Å²) in [5, 5.41) is 14.3. The zero-order chi connectivity index (χ0) is 13.8. The highest BCUT2D eigenvalue weighted by atomic mass is 16.6. The molecule has 5 nitrogen and oxygen atoms in total. The Labute approximate surface area is 113 Å². The fourth-order valence-electron chi connectivity index (χ4n) is 2.57. The van der Waals surface area contributed by atoms with Crippen molar-refractivity contribution in [2.24, 2.45) is 0 Å². The predicted octanol–water partition coefficient (Wildman–Crippen LogP) is 3.27. The van der Waals surface area contributed by atoms with Gasteiger partial charge in [0.15, 0.2) is 0 Å². The van der Waals surface area contributed by atoms with Gasteiger partial charge in [0.05, 0.1) is 11.0 Å². The Hall–Kier alpha value is -1.62. The third kappa shape index (κ3) is 3.44. The summed E-state index contributed by atoms with van der Waals surface area (Å²) in [4.78, 5) is 10.6. The second-order valence-electron chi connectivity index (χ2n) is 5.11. The topological polar surface area (TPSA) is 64.4 Å². The first kappa shape index (κ1) is 13.8. The molecule has 1 aliphatic rings. The Morgan fingerprint density at radius 1 is 1.32 bits per heavy atom. The van der Waals surface area contributed by atoms with Crippen molar-refractivity contribution in [3.63, 3.8) is 0 Å². The van der Waals surface area contributed by atoms with Crippen molar-refractivity contribution in [3.8, 4) is 0 Å². The maximum atomic E-state index is 10.9. The molecule has 0 atom stereocenters. The lowest BCUT2D eigenvalue weighted by Crippen LogP contribution is -2.29. The van der Waals surface area contributed by atoms with Gasteiger partial charge in [0.2, 0.25) is 0 Å². The molecule has 0 radical (unpaired) electrons. The second-order valence-corrected chi connectivity index (χ2v) is 5.11. The molecular formula is C14H20N2O3. The molecule has 2 rings (SSSR count). The molecule has 104 valence electrons. The minimum absolute atomic E-state index is 0.176. The minimum atomic E-state index is -0.331. The van der Waals surface area contributed by atoms with Crippen LogP contribution in [0.1, 0.15) is 31.2 Å². The van der Waals surface area contributed by atoms with E-state index in [2.05, 4.69) is 5.32 Å². The molecule has 1 N–H and O–H groups in total. The van der Waals surface area contributed by atoms with Crippen LogP contribution in [0, 0.1) is 17.0 Å². The number of nitrogens with zero attached hydrogens (tertiary/aromatic N) is 1. The number of nitro benzene ring substituents is 1. The van der Waals surface area contributed by atoms with Gasteiger partial charge in [-0.3, -0.25) is 10.1 Å². The minimum Gasteiger partial charge on any atom is -0.382 e. The number of nitrogens with one attached hydrogen (secondary N) is 1. The van der Waals surface area contributed by atoms with Crippen LogP contribution >= 0.6 is 0 Å². The van der Waals surface area contributed by atoms with Crippen LogP contribution in [0.15, 0.2) is 18.2 Å². The molecule has 0 aliphatic heterocycles. The van der Waals surface area contributed by atoms with E-state index in [1.54, 1.807) is 26.2 Å².